The predicted octanol–water partition coefficient (Wildman–Crippen LogP) is 3.07. The van der Waals surface area contributed by atoms with Gasteiger partial charge in [0.1, 0.15) is 5.54 Å². The van der Waals surface area contributed by atoms with Crippen LogP contribution >= 0.6 is 0 Å². The van der Waals surface area contributed by atoms with E-state index in [1.54, 1.807) is 18.2 Å². The SMILES string of the molecule is CC[C@@]1(c2ccccc2)NC(=O)N(NC(=O)c2ccc3c(c2)CCCC3)C1=O. The molecule has 1 atom stereocenters. The Kier molecular flexibility index (Phi) is 4.63. The summed E-state index contributed by atoms with van der Waals surface area (Å²) in [7, 11) is 0. The zero-order chi connectivity index (χ0) is 19.7. The number of hydrazine groups is 1. The van der Waals surface area contributed by atoms with E-state index in [1.165, 1.54) is 17.5 Å². The lowest BCUT2D eigenvalue weighted by Gasteiger charge is -2.25. The molecule has 0 bridgehead atoms. The fourth-order valence-electron chi connectivity index (χ4n) is 4.08. The molecule has 28 heavy (non-hydrogen) atoms. The maximum atomic E-state index is 13.1. The first-order valence-electron chi connectivity index (χ1n) is 9.70. The molecule has 144 valence electrons. The molecule has 6 nitrogen and oxygen atoms in total. The van der Waals surface area contributed by atoms with Crippen molar-refractivity contribution in [1.29, 1.82) is 0 Å². The zero-order valence-electron chi connectivity index (χ0n) is 15.8. The quantitative estimate of drug-likeness (QED) is 0.804. The number of amides is 4. The Morgan fingerprint density at radius 1 is 1.07 bits per heavy atom. The second-order valence-electron chi connectivity index (χ2n) is 7.33. The van der Waals surface area contributed by atoms with Gasteiger partial charge in [-0.2, -0.15) is 5.01 Å². The summed E-state index contributed by atoms with van der Waals surface area (Å²) in [6.07, 6.45) is 4.64. The maximum absolute atomic E-state index is 13.1. The third-order valence-corrected chi connectivity index (χ3v) is 5.71. The summed E-state index contributed by atoms with van der Waals surface area (Å²) < 4.78 is 0. The van der Waals surface area contributed by atoms with E-state index >= 15 is 0 Å². The Bertz CT molecular complexity index is 941. The third-order valence-electron chi connectivity index (χ3n) is 5.71. The molecule has 2 N–H and O–H groups in total. The van der Waals surface area contributed by atoms with Gasteiger partial charge in [-0.25, -0.2) is 4.79 Å². The van der Waals surface area contributed by atoms with Gasteiger partial charge in [-0.05, 0) is 60.9 Å². The van der Waals surface area contributed by atoms with Crippen LogP contribution in [0.3, 0.4) is 0 Å². The minimum atomic E-state index is -1.17. The fraction of sp³-hybridized carbons (Fsp3) is 0.318. The summed E-state index contributed by atoms with van der Waals surface area (Å²) in [5.41, 5.74) is 4.92. The minimum Gasteiger partial charge on any atom is -0.318 e. The molecule has 2 aromatic carbocycles. The van der Waals surface area contributed by atoms with Crippen molar-refractivity contribution < 1.29 is 14.4 Å². The van der Waals surface area contributed by atoms with Crippen LogP contribution in [-0.2, 0) is 23.2 Å². The summed E-state index contributed by atoms with van der Waals surface area (Å²) in [5.74, 6) is -0.936. The molecule has 1 aliphatic carbocycles. The highest BCUT2D eigenvalue weighted by atomic mass is 16.2. The Hall–Kier alpha value is -3.15. The second-order valence-corrected chi connectivity index (χ2v) is 7.33. The van der Waals surface area contributed by atoms with Crippen molar-refractivity contribution in [3.63, 3.8) is 0 Å². The molecule has 0 unspecified atom stereocenters. The number of fused-ring (bicyclic) bond motifs is 1. The Balaban J connectivity index is 1.57. The number of aryl methyl sites for hydroxylation is 2. The number of carbonyl (C=O) groups is 3. The average Bonchev–Trinajstić information content (AvgIpc) is 2.99. The highest BCUT2D eigenvalue weighted by Gasteiger charge is 2.52. The number of nitrogens with zero attached hydrogens (tertiary/aromatic N) is 1. The van der Waals surface area contributed by atoms with E-state index in [1.807, 2.05) is 37.3 Å². The minimum absolute atomic E-state index is 0.382. The van der Waals surface area contributed by atoms with Gasteiger partial charge in [-0.15, -0.1) is 0 Å². The van der Waals surface area contributed by atoms with Crippen molar-refractivity contribution in [2.75, 3.05) is 0 Å². The number of urea groups is 1. The standard InChI is InChI=1S/C22H23N3O3/c1-2-22(18-10-4-3-5-11-18)20(27)25(21(28)23-22)24-19(26)17-13-12-15-8-6-7-9-16(15)14-17/h3-5,10-14H,2,6-9H2,1H3,(H,23,28)(H,24,26)/t22-/m0/s1. The molecule has 2 aromatic rings. The lowest BCUT2D eigenvalue weighted by Crippen LogP contribution is -2.48. The monoisotopic (exact) mass is 377 g/mol. The first kappa shape index (κ1) is 18.2. The van der Waals surface area contributed by atoms with Crippen LogP contribution in [0.4, 0.5) is 4.79 Å². The Morgan fingerprint density at radius 2 is 1.79 bits per heavy atom. The molecule has 1 saturated heterocycles. The van der Waals surface area contributed by atoms with Crippen LogP contribution in [0.25, 0.3) is 0 Å². The van der Waals surface area contributed by atoms with E-state index < -0.39 is 23.4 Å². The highest BCUT2D eigenvalue weighted by Crippen LogP contribution is 2.31. The number of nitrogens with one attached hydrogen (secondary N) is 2. The van der Waals surface area contributed by atoms with E-state index in [4.69, 9.17) is 0 Å². The molecular formula is C22H23N3O3. The number of rotatable bonds is 4. The lowest BCUT2D eigenvalue weighted by atomic mass is 9.87. The van der Waals surface area contributed by atoms with Gasteiger partial charge in [0, 0.05) is 5.56 Å². The van der Waals surface area contributed by atoms with Crippen molar-refractivity contribution >= 4 is 17.8 Å². The molecule has 6 heteroatoms. The topological polar surface area (TPSA) is 78.5 Å². The summed E-state index contributed by atoms with van der Waals surface area (Å²) in [5, 5.41) is 3.57. The van der Waals surface area contributed by atoms with Gasteiger partial charge in [-0.1, -0.05) is 43.3 Å². The molecule has 1 fully saturated rings. The van der Waals surface area contributed by atoms with Gasteiger partial charge in [0.05, 0.1) is 0 Å². The smallest absolute Gasteiger partial charge is 0.318 e. The number of benzene rings is 2. The van der Waals surface area contributed by atoms with Gasteiger partial charge in [0.15, 0.2) is 0 Å². The lowest BCUT2D eigenvalue weighted by molar-refractivity contribution is -0.133. The predicted molar refractivity (Wildman–Crippen MR) is 104 cm³/mol. The van der Waals surface area contributed by atoms with Crippen LogP contribution in [0.15, 0.2) is 48.5 Å². The van der Waals surface area contributed by atoms with Crippen molar-refractivity contribution in [1.82, 2.24) is 15.8 Å². The Labute approximate surface area is 163 Å². The maximum Gasteiger partial charge on any atom is 0.344 e. The zero-order valence-corrected chi connectivity index (χ0v) is 15.8. The number of carbonyl (C=O) groups excluding carboxylic acids is 3. The van der Waals surface area contributed by atoms with E-state index in [0.29, 0.717) is 17.5 Å². The molecule has 2 aliphatic rings. The summed E-state index contributed by atoms with van der Waals surface area (Å²) in [4.78, 5) is 38.3. The van der Waals surface area contributed by atoms with Crippen LogP contribution in [0.2, 0.25) is 0 Å². The van der Waals surface area contributed by atoms with E-state index in [9.17, 15) is 14.4 Å². The van der Waals surface area contributed by atoms with Crippen molar-refractivity contribution in [2.24, 2.45) is 0 Å². The van der Waals surface area contributed by atoms with Crippen molar-refractivity contribution in [2.45, 2.75) is 44.6 Å². The van der Waals surface area contributed by atoms with E-state index in [0.717, 1.165) is 24.3 Å². The number of imide groups is 1. The summed E-state index contributed by atoms with van der Waals surface area (Å²) in [6, 6.07) is 14.1. The molecule has 4 amide bonds. The molecule has 0 spiro atoms. The van der Waals surface area contributed by atoms with Crippen LogP contribution in [0, 0.1) is 0 Å². The number of hydrogen-bond acceptors (Lipinski definition) is 3. The normalized spacial score (nSPS) is 21.2. The Morgan fingerprint density at radius 3 is 2.50 bits per heavy atom. The molecule has 0 aromatic heterocycles. The average molecular weight is 377 g/mol. The summed E-state index contributed by atoms with van der Waals surface area (Å²) >= 11 is 0. The fourth-order valence-corrected chi connectivity index (χ4v) is 4.08. The molecule has 0 radical (unpaired) electrons. The van der Waals surface area contributed by atoms with Gasteiger partial charge >= 0.3 is 6.03 Å². The van der Waals surface area contributed by atoms with Gasteiger partial charge in [-0.3, -0.25) is 15.0 Å². The van der Waals surface area contributed by atoms with Gasteiger partial charge in [0.25, 0.3) is 11.8 Å². The first-order valence-corrected chi connectivity index (χ1v) is 9.70. The largest absolute Gasteiger partial charge is 0.344 e. The van der Waals surface area contributed by atoms with Crippen molar-refractivity contribution in [3.8, 4) is 0 Å². The van der Waals surface area contributed by atoms with E-state index in [2.05, 4.69) is 10.7 Å². The number of hydrogen-bond donors (Lipinski definition) is 2. The van der Waals surface area contributed by atoms with Gasteiger partial charge in [0.2, 0.25) is 0 Å². The van der Waals surface area contributed by atoms with Gasteiger partial charge < -0.3 is 5.32 Å². The second kappa shape index (κ2) is 7.11. The highest BCUT2D eigenvalue weighted by molar-refractivity contribution is 6.09. The molecule has 1 heterocycles. The van der Waals surface area contributed by atoms with Crippen molar-refractivity contribution in [3.05, 3.63) is 70.8 Å². The summed E-state index contributed by atoms with van der Waals surface area (Å²) in [6.45, 7) is 1.83. The van der Waals surface area contributed by atoms with Crippen LogP contribution in [0.5, 0.6) is 0 Å². The van der Waals surface area contributed by atoms with Crippen LogP contribution in [-0.4, -0.2) is 22.9 Å². The van der Waals surface area contributed by atoms with Crippen LogP contribution in [0.1, 0.15) is 53.2 Å². The molecule has 4 rings (SSSR count). The molecular weight excluding hydrogens is 354 g/mol. The third kappa shape index (κ3) is 2.95. The first-order chi connectivity index (χ1) is 13.5. The van der Waals surface area contributed by atoms with E-state index in [-0.39, 0.29) is 0 Å². The van der Waals surface area contributed by atoms with Crippen LogP contribution < -0.4 is 10.7 Å². The molecule has 0 saturated carbocycles. The molecule has 1 aliphatic heterocycles.